The van der Waals surface area contributed by atoms with Crippen LogP contribution < -0.4 is 5.32 Å². The molecule has 0 saturated heterocycles. The Balaban J connectivity index is 2.92. The van der Waals surface area contributed by atoms with Crippen LogP contribution in [0.15, 0.2) is 30.3 Å². The van der Waals surface area contributed by atoms with Crippen LogP contribution in [-0.4, -0.2) is 42.1 Å². The van der Waals surface area contributed by atoms with E-state index in [0.717, 1.165) is 0 Å². The Labute approximate surface area is 130 Å². The molecule has 0 radical (unpaired) electrons. The molecule has 0 aliphatic carbocycles. The van der Waals surface area contributed by atoms with Crippen molar-refractivity contribution in [3.63, 3.8) is 0 Å². The van der Waals surface area contributed by atoms with Gasteiger partial charge in [-0.1, -0.05) is 30.3 Å². The molecule has 1 rings (SSSR count). The Kier molecular flexibility index (Phi) is 5.97. The number of halogens is 3. The molecule has 23 heavy (non-hydrogen) atoms. The predicted molar refractivity (Wildman–Crippen MR) is 72.2 cm³/mol. The second-order valence-corrected chi connectivity index (χ2v) is 4.66. The van der Waals surface area contributed by atoms with Crippen molar-refractivity contribution in [2.24, 2.45) is 0 Å². The highest BCUT2D eigenvalue weighted by atomic mass is 19.4. The highest BCUT2D eigenvalue weighted by Gasteiger charge is 2.66. The summed E-state index contributed by atoms with van der Waals surface area (Å²) in [4.78, 5) is 23.2. The number of rotatable bonds is 5. The maximum Gasteiger partial charge on any atom is 0.425 e. The quantitative estimate of drug-likeness (QED) is 0.801. The topological polar surface area (TPSA) is 84.9 Å². The van der Waals surface area contributed by atoms with Gasteiger partial charge >= 0.3 is 18.2 Å². The van der Waals surface area contributed by atoms with E-state index in [2.05, 4.69) is 9.47 Å². The molecule has 0 aromatic heterocycles. The molecule has 0 aliphatic rings. The molecule has 2 atom stereocenters. The van der Waals surface area contributed by atoms with E-state index in [0.29, 0.717) is 19.6 Å². The number of carbonyl (C=O) groups excluding carboxylic acids is 2. The molecular weight excluding hydrogens is 319 g/mol. The first-order valence-corrected chi connectivity index (χ1v) is 6.47. The minimum atomic E-state index is -5.29. The lowest BCUT2D eigenvalue weighted by Crippen LogP contribution is -2.70. The standard InChI is InChI=1S/C14H16F3NO5/c1-9(19)13(11(20)22-2,14(15,16)17)18-12(21)23-8-10-6-4-3-5-7-10/h3-7,9,19H,8H2,1-2H3,(H,18,21)/t9-,13-/m0/s1. The second-order valence-electron chi connectivity index (χ2n) is 4.66. The molecule has 6 nitrogen and oxygen atoms in total. The number of esters is 1. The summed E-state index contributed by atoms with van der Waals surface area (Å²) in [5.41, 5.74) is -3.08. The summed E-state index contributed by atoms with van der Waals surface area (Å²) in [6, 6.07) is 8.21. The Bertz CT molecular complexity index is 547. The molecule has 0 bridgehead atoms. The van der Waals surface area contributed by atoms with Gasteiger partial charge in [0.1, 0.15) is 6.61 Å². The Morgan fingerprint density at radius 3 is 2.26 bits per heavy atom. The fraction of sp³-hybridized carbons (Fsp3) is 0.429. The zero-order valence-electron chi connectivity index (χ0n) is 12.4. The molecule has 1 aromatic carbocycles. The van der Waals surface area contributed by atoms with E-state index in [9.17, 15) is 27.9 Å². The molecule has 9 heteroatoms. The first kappa shape index (κ1) is 18.8. The van der Waals surface area contributed by atoms with Crippen LogP contribution in [0.2, 0.25) is 0 Å². The van der Waals surface area contributed by atoms with Crippen LogP contribution in [0.1, 0.15) is 12.5 Å². The minimum Gasteiger partial charge on any atom is -0.467 e. The van der Waals surface area contributed by atoms with Crippen molar-refractivity contribution in [1.82, 2.24) is 5.32 Å². The molecule has 0 unspecified atom stereocenters. The van der Waals surface area contributed by atoms with Crippen LogP contribution >= 0.6 is 0 Å². The second kappa shape index (κ2) is 7.32. The van der Waals surface area contributed by atoms with Crippen molar-refractivity contribution < 1.29 is 37.3 Å². The van der Waals surface area contributed by atoms with Crippen LogP contribution in [0.25, 0.3) is 0 Å². The average molecular weight is 335 g/mol. The van der Waals surface area contributed by atoms with Gasteiger partial charge in [0, 0.05) is 0 Å². The molecule has 0 heterocycles. The molecular formula is C14H16F3NO5. The predicted octanol–water partition coefficient (Wildman–Crippen LogP) is 1.77. The van der Waals surface area contributed by atoms with Crippen molar-refractivity contribution in [2.45, 2.75) is 31.3 Å². The minimum absolute atomic E-state index is 0.304. The lowest BCUT2D eigenvalue weighted by Gasteiger charge is -2.35. The Morgan fingerprint density at radius 2 is 1.83 bits per heavy atom. The van der Waals surface area contributed by atoms with E-state index in [1.54, 1.807) is 30.3 Å². The smallest absolute Gasteiger partial charge is 0.425 e. The zero-order chi connectivity index (χ0) is 17.7. The first-order valence-electron chi connectivity index (χ1n) is 6.47. The fourth-order valence-corrected chi connectivity index (χ4v) is 1.83. The number of carbonyl (C=O) groups is 2. The summed E-state index contributed by atoms with van der Waals surface area (Å²) < 4.78 is 48.5. The van der Waals surface area contributed by atoms with Crippen LogP contribution in [0.4, 0.5) is 18.0 Å². The number of aliphatic hydroxyl groups is 1. The summed E-state index contributed by atoms with van der Waals surface area (Å²) in [6.07, 6.45) is -9.10. The van der Waals surface area contributed by atoms with E-state index >= 15 is 0 Å². The zero-order valence-corrected chi connectivity index (χ0v) is 12.4. The molecule has 2 N–H and O–H groups in total. The lowest BCUT2D eigenvalue weighted by molar-refractivity contribution is -0.228. The maximum atomic E-state index is 13.3. The molecule has 128 valence electrons. The van der Waals surface area contributed by atoms with E-state index in [-0.39, 0.29) is 6.61 Å². The van der Waals surface area contributed by atoms with Crippen molar-refractivity contribution in [3.8, 4) is 0 Å². The van der Waals surface area contributed by atoms with E-state index in [1.165, 1.54) is 5.32 Å². The lowest BCUT2D eigenvalue weighted by atomic mass is 9.92. The van der Waals surface area contributed by atoms with E-state index in [1.807, 2.05) is 0 Å². The fourth-order valence-electron chi connectivity index (χ4n) is 1.83. The Morgan fingerprint density at radius 1 is 1.26 bits per heavy atom. The van der Waals surface area contributed by atoms with Gasteiger partial charge in [-0.2, -0.15) is 13.2 Å². The van der Waals surface area contributed by atoms with Crippen LogP contribution in [0.5, 0.6) is 0 Å². The summed E-state index contributed by atoms with van der Waals surface area (Å²) in [5.74, 6) is -1.85. The average Bonchev–Trinajstić information content (AvgIpc) is 2.49. The third kappa shape index (κ3) is 4.13. The number of ether oxygens (including phenoxy) is 2. The number of alkyl halides is 3. The maximum absolute atomic E-state index is 13.3. The highest BCUT2D eigenvalue weighted by molar-refractivity contribution is 5.87. The molecule has 1 amide bonds. The first-order chi connectivity index (χ1) is 10.6. The monoisotopic (exact) mass is 335 g/mol. The van der Waals surface area contributed by atoms with Gasteiger partial charge in [0.05, 0.1) is 13.2 Å². The van der Waals surface area contributed by atoms with Crippen LogP contribution in [0.3, 0.4) is 0 Å². The van der Waals surface area contributed by atoms with E-state index in [4.69, 9.17) is 0 Å². The molecule has 0 saturated carbocycles. The van der Waals surface area contributed by atoms with Crippen molar-refractivity contribution >= 4 is 12.1 Å². The number of amides is 1. The summed E-state index contributed by atoms with van der Waals surface area (Å²) in [5, 5.41) is 10.8. The molecule has 0 fully saturated rings. The van der Waals surface area contributed by atoms with Gasteiger partial charge in [0.2, 0.25) is 0 Å². The molecule has 0 spiro atoms. The summed E-state index contributed by atoms with van der Waals surface area (Å²) >= 11 is 0. The number of alkyl carbamates (subject to hydrolysis) is 1. The molecule has 0 aliphatic heterocycles. The van der Waals surface area contributed by atoms with Gasteiger partial charge < -0.3 is 14.6 Å². The number of methoxy groups -OCH3 is 1. The van der Waals surface area contributed by atoms with E-state index < -0.39 is 29.9 Å². The van der Waals surface area contributed by atoms with Crippen LogP contribution in [-0.2, 0) is 20.9 Å². The third-order valence-corrected chi connectivity index (χ3v) is 3.09. The SMILES string of the molecule is COC(=O)[C@@](NC(=O)OCc1ccccc1)([C@H](C)O)C(F)(F)F. The van der Waals surface area contributed by atoms with Gasteiger partial charge in [-0.3, -0.25) is 5.32 Å². The van der Waals surface area contributed by atoms with Gasteiger partial charge in [0.25, 0.3) is 5.54 Å². The van der Waals surface area contributed by atoms with Crippen molar-refractivity contribution in [3.05, 3.63) is 35.9 Å². The molecule has 1 aromatic rings. The summed E-state index contributed by atoms with van der Waals surface area (Å²) in [6.45, 7) is 0.406. The number of benzene rings is 1. The number of hydrogen-bond donors (Lipinski definition) is 2. The number of aliphatic hydroxyl groups excluding tert-OH is 1. The summed E-state index contributed by atoms with van der Waals surface area (Å²) in [7, 11) is 0.711. The van der Waals surface area contributed by atoms with Crippen LogP contribution in [0, 0.1) is 0 Å². The normalized spacial score (nSPS) is 15.2. The van der Waals surface area contributed by atoms with Gasteiger partial charge in [-0.25, -0.2) is 9.59 Å². The van der Waals surface area contributed by atoms with Crippen molar-refractivity contribution in [2.75, 3.05) is 7.11 Å². The highest BCUT2D eigenvalue weighted by Crippen LogP contribution is 2.34. The number of hydrogen-bond acceptors (Lipinski definition) is 5. The van der Waals surface area contributed by atoms with Gasteiger partial charge in [0.15, 0.2) is 0 Å². The third-order valence-electron chi connectivity index (χ3n) is 3.09. The van der Waals surface area contributed by atoms with Gasteiger partial charge in [-0.15, -0.1) is 0 Å². The Hall–Kier alpha value is -2.29. The van der Waals surface area contributed by atoms with Crippen molar-refractivity contribution in [1.29, 1.82) is 0 Å². The largest absolute Gasteiger partial charge is 0.467 e. The number of nitrogens with one attached hydrogen (secondary N) is 1. The van der Waals surface area contributed by atoms with Gasteiger partial charge in [-0.05, 0) is 12.5 Å².